The van der Waals surface area contributed by atoms with E-state index in [9.17, 15) is 13.6 Å². The van der Waals surface area contributed by atoms with Gasteiger partial charge in [-0.1, -0.05) is 25.7 Å². The molecule has 37 heavy (non-hydrogen) atoms. The maximum absolute atomic E-state index is 13.6. The molecule has 1 aromatic carbocycles. The Labute approximate surface area is 216 Å². The average molecular weight is 525 g/mol. The summed E-state index contributed by atoms with van der Waals surface area (Å²) in [6.07, 6.45) is 7.37. The van der Waals surface area contributed by atoms with Gasteiger partial charge in [-0.05, 0) is 42.6 Å². The molecule has 4 aromatic rings. The van der Waals surface area contributed by atoms with Gasteiger partial charge in [0, 0.05) is 70.4 Å². The average Bonchev–Trinajstić information content (AvgIpc) is 3.28. The molecular formula is C28H34F2N4O2Si. The van der Waals surface area contributed by atoms with E-state index < -0.39 is 19.7 Å². The molecule has 196 valence electrons. The Morgan fingerprint density at radius 1 is 1.03 bits per heavy atom. The number of ether oxygens (including phenoxy) is 1. The van der Waals surface area contributed by atoms with E-state index in [1.165, 1.54) is 12.1 Å². The number of nitrogens with zero attached hydrogens (tertiary/aromatic N) is 4. The number of hydrogen-bond donors (Lipinski definition) is 0. The Kier molecular flexibility index (Phi) is 7.29. The lowest BCUT2D eigenvalue weighted by molar-refractivity contribution is 0.0899. The van der Waals surface area contributed by atoms with Crippen LogP contribution in [0.1, 0.15) is 24.4 Å². The van der Waals surface area contributed by atoms with Crippen molar-refractivity contribution in [2.24, 2.45) is 0 Å². The van der Waals surface area contributed by atoms with E-state index in [2.05, 4.69) is 34.1 Å². The molecule has 0 amide bonds. The molecule has 0 aliphatic carbocycles. The lowest BCUT2D eigenvalue weighted by Gasteiger charge is -2.34. The van der Waals surface area contributed by atoms with Gasteiger partial charge in [0.15, 0.2) is 17.1 Å². The van der Waals surface area contributed by atoms with Crippen LogP contribution in [0, 0.1) is 11.6 Å². The highest BCUT2D eigenvalue weighted by molar-refractivity contribution is 6.76. The van der Waals surface area contributed by atoms with Crippen molar-refractivity contribution in [3.8, 4) is 0 Å². The molecule has 0 unspecified atom stereocenters. The lowest BCUT2D eigenvalue weighted by atomic mass is 10.0. The van der Waals surface area contributed by atoms with Gasteiger partial charge in [0.05, 0.1) is 10.9 Å². The molecule has 3 aromatic heterocycles. The van der Waals surface area contributed by atoms with E-state index >= 15 is 0 Å². The number of pyridine rings is 2. The van der Waals surface area contributed by atoms with E-state index in [1.807, 2.05) is 23.0 Å². The molecule has 0 radical (unpaired) electrons. The van der Waals surface area contributed by atoms with E-state index in [4.69, 9.17) is 4.74 Å². The van der Waals surface area contributed by atoms with E-state index in [-0.39, 0.29) is 11.5 Å². The van der Waals surface area contributed by atoms with E-state index in [0.717, 1.165) is 60.7 Å². The second-order valence-electron chi connectivity index (χ2n) is 11.2. The fourth-order valence-corrected chi connectivity index (χ4v) is 5.85. The van der Waals surface area contributed by atoms with Gasteiger partial charge in [0.25, 0.3) is 0 Å². The first-order valence-electron chi connectivity index (χ1n) is 12.9. The van der Waals surface area contributed by atoms with Crippen LogP contribution in [0.5, 0.6) is 0 Å². The summed E-state index contributed by atoms with van der Waals surface area (Å²) >= 11 is 0. The highest BCUT2D eigenvalue weighted by atomic mass is 28.3. The molecule has 0 saturated carbocycles. The highest BCUT2D eigenvalue weighted by Gasteiger charge is 2.23. The zero-order valence-electron chi connectivity index (χ0n) is 21.7. The quantitative estimate of drug-likeness (QED) is 0.217. The summed E-state index contributed by atoms with van der Waals surface area (Å²) in [5, 5.41) is 1.57. The minimum absolute atomic E-state index is 0.0319. The summed E-state index contributed by atoms with van der Waals surface area (Å²) in [5.74, 6) is -1.63. The number of fused-ring (bicyclic) bond motifs is 3. The number of rotatable bonds is 8. The van der Waals surface area contributed by atoms with Crippen molar-refractivity contribution >= 4 is 30.0 Å². The fourth-order valence-electron chi connectivity index (χ4n) is 5.10. The maximum atomic E-state index is 13.6. The first-order chi connectivity index (χ1) is 17.7. The molecule has 0 bridgehead atoms. The van der Waals surface area contributed by atoms with Gasteiger partial charge in [-0.3, -0.25) is 9.69 Å². The Bertz CT molecular complexity index is 1470. The Morgan fingerprint density at radius 3 is 2.54 bits per heavy atom. The van der Waals surface area contributed by atoms with Crippen molar-refractivity contribution in [1.82, 2.24) is 19.0 Å². The maximum Gasteiger partial charge on any atom is 0.190 e. The second kappa shape index (κ2) is 10.5. The standard InChI is InChI=1S/C28H34F2N4O2Si/c1-37(2,3)15-14-36-19-33-12-8-22-27-23(17-31-28(22)33)26(35)9-13-34(27)21-6-10-32(11-7-21)18-20-4-5-24(29)25(30)16-20/h4-5,8-9,12-13,16-17,21H,6-7,10-11,14-15,18-19H2,1-3H3. The van der Waals surface area contributed by atoms with E-state index in [1.54, 1.807) is 18.3 Å². The molecule has 0 atom stereocenters. The minimum atomic E-state index is -1.16. The zero-order valence-corrected chi connectivity index (χ0v) is 22.7. The number of likely N-dealkylation sites (tertiary alicyclic amines) is 1. The molecule has 1 fully saturated rings. The third kappa shape index (κ3) is 5.68. The van der Waals surface area contributed by atoms with Gasteiger partial charge in [-0.2, -0.15) is 0 Å². The van der Waals surface area contributed by atoms with Crippen molar-refractivity contribution in [3.63, 3.8) is 0 Å². The van der Waals surface area contributed by atoms with Crippen LogP contribution in [-0.4, -0.2) is 46.8 Å². The predicted octanol–water partition coefficient (Wildman–Crippen LogP) is 5.78. The summed E-state index contributed by atoms with van der Waals surface area (Å²) < 4.78 is 37.1. The molecule has 0 N–H and O–H groups in total. The summed E-state index contributed by atoms with van der Waals surface area (Å²) in [6.45, 7) is 10.4. The molecule has 0 spiro atoms. The van der Waals surface area contributed by atoms with Gasteiger partial charge < -0.3 is 13.9 Å². The monoisotopic (exact) mass is 524 g/mol. The number of halogens is 2. The molecule has 1 aliphatic heterocycles. The van der Waals surface area contributed by atoms with Crippen LogP contribution < -0.4 is 5.43 Å². The largest absolute Gasteiger partial charge is 0.361 e. The first-order valence-corrected chi connectivity index (χ1v) is 16.6. The number of benzene rings is 1. The summed E-state index contributed by atoms with van der Waals surface area (Å²) in [6, 6.07) is 9.10. The molecule has 5 rings (SSSR count). The lowest BCUT2D eigenvalue weighted by Crippen LogP contribution is -2.34. The van der Waals surface area contributed by atoms with Crippen LogP contribution in [-0.2, 0) is 18.0 Å². The van der Waals surface area contributed by atoms with Crippen molar-refractivity contribution in [2.45, 2.75) is 57.8 Å². The van der Waals surface area contributed by atoms with Crippen LogP contribution in [0.3, 0.4) is 0 Å². The van der Waals surface area contributed by atoms with Crippen LogP contribution in [0.4, 0.5) is 8.78 Å². The summed E-state index contributed by atoms with van der Waals surface area (Å²) in [7, 11) is -1.16. The number of hydrogen-bond acceptors (Lipinski definition) is 4. The third-order valence-corrected chi connectivity index (χ3v) is 8.94. The Morgan fingerprint density at radius 2 is 1.81 bits per heavy atom. The second-order valence-corrected chi connectivity index (χ2v) is 16.9. The highest BCUT2D eigenvalue weighted by Crippen LogP contribution is 2.30. The van der Waals surface area contributed by atoms with Gasteiger partial charge in [-0.15, -0.1) is 0 Å². The predicted molar refractivity (Wildman–Crippen MR) is 146 cm³/mol. The van der Waals surface area contributed by atoms with E-state index in [0.29, 0.717) is 18.7 Å². The zero-order chi connectivity index (χ0) is 26.2. The van der Waals surface area contributed by atoms with Crippen molar-refractivity contribution < 1.29 is 13.5 Å². The molecule has 4 heterocycles. The number of aromatic nitrogens is 3. The van der Waals surface area contributed by atoms with Crippen molar-refractivity contribution in [1.29, 1.82) is 0 Å². The molecular weight excluding hydrogens is 490 g/mol. The molecule has 1 saturated heterocycles. The normalized spacial score (nSPS) is 15.7. The van der Waals surface area contributed by atoms with Crippen LogP contribution in [0.2, 0.25) is 25.7 Å². The van der Waals surface area contributed by atoms with Crippen molar-refractivity contribution in [2.75, 3.05) is 19.7 Å². The molecule has 6 nitrogen and oxygen atoms in total. The molecule has 1 aliphatic rings. The Balaban J connectivity index is 1.35. The summed E-state index contributed by atoms with van der Waals surface area (Å²) in [5.41, 5.74) is 2.47. The topological polar surface area (TPSA) is 52.3 Å². The van der Waals surface area contributed by atoms with Gasteiger partial charge >= 0.3 is 0 Å². The minimum Gasteiger partial charge on any atom is -0.361 e. The SMILES string of the molecule is C[Si](C)(C)CCOCn1ccc2c1ncc1c(=O)ccn(C3CCN(Cc4ccc(F)c(F)c4)CC3)c12. The van der Waals surface area contributed by atoms with Crippen LogP contribution >= 0.6 is 0 Å². The van der Waals surface area contributed by atoms with Crippen LogP contribution in [0.15, 0.2) is 53.7 Å². The third-order valence-electron chi connectivity index (χ3n) is 7.24. The van der Waals surface area contributed by atoms with Gasteiger partial charge in [0.1, 0.15) is 12.4 Å². The van der Waals surface area contributed by atoms with Gasteiger partial charge in [-0.25, -0.2) is 13.8 Å². The smallest absolute Gasteiger partial charge is 0.190 e. The molecule has 9 heteroatoms. The first kappa shape index (κ1) is 25.8. The Hall–Kier alpha value is -2.88. The van der Waals surface area contributed by atoms with Crippen LogP contribution in [0.25, 0.3) is 21.9 Å². The fraction of sp³-hybridized carbons (Fsp3) is 0.429. The summed E-state index contributed by atoms with van der Waals surface area (Å²) in [4.78, 5) is 19.6. The van der Waals surface area contributed by atoms with Gasteiger partial charge in [0.2, 0.25) is 0 Å². The number of piperidine rings is 1. The van der Waals surface area contributed by atoms with Crippen molar-refractivity contribution in [3.05, 3.63) is 76.3 Å².